The molecular formula is C19H22N2O5. The van der Waals surface area contributed by atoms with Crippen LogP contribution in [0.5, 0.6) is 11.5 Å². The van der Waals surface area contributed by atoms with Crippen molar-refractivity contribution in [2.24, 2.45) is 5.73 Å². The monoisotopic (exact) mass is 358 g/mol. The second-order valence-electron chi connectivity index (χ2n) is 5.71. The lowest BCUT2D eigenvalue weighted by Gasteiger charge is -2.11. The fourth-order valence-corrected chi connectivity index (χ4v) is 2.40. The van der Waals surface area contributed by atoms with E-state index in [2.05, 4.69) is 5.32 Å². The average Bonchev–Trinajstić information content (AvgIpc) is 2.66. The van der Waals surface area contributed by atoms with Crippen molar-refractivity contribution in [2.75, 3.05) is 14.2 Å². The van der Waals surface area contributed by atoms with E-state index in [1.807, 2.05) is 12.1 Å². The Morgan fingerprint density at radius 2 is 1.73 bits per heavy atom. The maximum Gasteiger partial charge on any atom is 0.320 e. The van der Waals surface area contributed by atoms with Crippen LogP contribution in [-0.4, -0.2) is 37.2 Å². The van der Waals surface area contributed by atoms with Crippen LogP contribution in [-0.2, 0) is 17.8 Å². The lowest BCUT2D eigenvalue weighted by atomic mass is 10.0. The highest BCUT2D eigenvalue weighted by atomic mass is 16.5. The Balaban J connectivity index is 2.00. The molecule has 0 saturated carbocycles. The molecule has 0 spiro atoms. The van der Waals surface area contributed by atoms with Gasteiger partial charge in [-0.15, -0.1) is 0 Å². The molecule has 0 aliphatic carbocycles. The normalized spacial score (nSPS) is 11.5. The van der Waals surface area contributed by atoms with Gasteiger partial charge >= 0.3 is 5.97 Å². The second-order valence-corrected chi connectivity index (χ2v) is 5.71. The lowest BCUT2D eigenvalue weighted by molar-refractivity contribution is -0.138. The Hall–Kier alpha value is -3.06. The molecule has 0 saturated heterocycles. The predicted molar refractivity (Wildman–Crippen MR) is 96.5 cm³/mol. The smallest absolute Gasteiger partial charge is 0.320 e. The van der Waals surface area contributed by atoms with E-state index in [1.54, 1.807) is 30.3 Å². The van der Waals surface area contributed by atoms with Crippen LogP contribution in [0.3, 0.4) is 0 Å². The first-order valence-corrected chi connectivity index (χ1v) is 8.01. The van der Waals surface area contributed by atoms with Crippen molar-refractivity contribution in [3.63, 3.8) is 0 Å². The van der Waals surface area contributed by atoms with E-state index < -0.39 is 12.0 Å². The van der Waals surface area contributed by atoms with Crippen LogP contribution in [0.25, 0.3) is 0 Å². The highest BCUT2D eigenvalue weighted by Gasteiger charge is 2.14. The maximum atomic E-state index is 12.4. The van der Waals surface area contributed by atoms with E-state index in [4.69, 9.17) is 20.3 Å². The summed E-state index contributed by atoms with van der Waals surface area (Å²) in [6.45, 7) is 0.324. The number of nitrogens with one attached hydrogen (secondary N) is 1. The minimum Gasteiger partial charge on any atom is -0.497 e. The van der Waals surface area contributed by atoms with Crippen molar-refractivity contribution in [3.8, 4) is 11.5 Å². The molecule has 7 heteroatoms. The molecule has 0 aliphatic rings. The number of nitrogens with two attached hydrogens (primary N) is 1. The molecule has 1 atom stereocenters. The van der Waals surface area contributed by atoms with Crippen LogP contribution in [0.15, 0.2) is 42.5 Å². The zero-order valence-corrected chi connectivity index (χ0v) is 14.7. The van der Waals surface area contributed by atoms with Crippen molar-refractivity contribution in [3.05, 3.63) is 59.2 Å². The first kappa shape index (κ1) is 19.3. The fraction of sp³-hybridized carbons (Fsp3) is 0.263. The third kappa shape index (κ3) is 4.97. The van der Waals surface area contributed by atoms with Gasteiger partial charge in [0.2, 0.25) is 0 Å². The molecule has 1 amide bonds. The molecule has 0 bridgehead atoms. The van der Waals surface area contributed by atoms with Crippen LogP contribution in [0.2, 0.25) is 0 Å². The summed E-state index contributed by atoms with van der Waals surface area (Å²) >= 11 is 0. The number of hydrogen-bond acceptors (Lipinski definition) is 5. The summed E-state index contributed by atoms with van der Waals surface area (Å²) in [6.07, 6.45) is 0.253. The van der Waals surface area contributed by atoms with E-state index in [9.17, 15) is 9.59 Å². The molecular weight excluding hydrogens is 336 g/mol. The number of amides is 1. The summed E-state index contributed by atoms with van der Waals surface area (Å²) in [5.41, 5.74) is 7.61. The van der Waals surface area contributed by atoms with Crippen LogP contribution in [0, 0.1) is 0 Å². The van der Waals surface area contributed by atoms with Gasteiger partial charge in [-0.2, -0.15) is 0 Å². The summed E-state index contributed by atoms with van der Waals surface area (Å²) in [7, 11) is 3.03. The standard InChI is InChI=1S/C19H22N2O5/c1-25-14-7-8-17(26-2)15(10-14)18(22)21-11-13-5-3-12(4-6-13)9-16(20)19(23)24/h3-8,10,16H,9,11,20H2,1-2H3,(H,21,22)(H,23,24). The number of benzene rings is 2. The minimum atomic E-state index is -1.03. The van der Waals surface area contributed by atoms with Gasteiger partial charge in [0, 0.05) is 6.54 Å². The Labute approximate surface area is 151 Å². The zero-order valence-electron chi connectivity index (χ0n) is 14.7. The highest BCUT2D eigenvalue weighted by Crippen LogP contribution is 2.23. The van der Waals surface area contributed by atoms with Crippen molar-refractivity contribution in [1.29, 1.82) is 0 Å². The van der Waals surface area contributed by atoms with Crippen LogP contribution in [0.4, 0.5) is 0 Å². The van der Waals surface area contributed by atoms with Gasteiger partial charge in [-0.05, 0) is 35.7 Å². The van der Waals surface area contributed by atoms with Gasteiger partial charge in [0.15, 0.2) is 0 Å². The number of rotatable bonds is 8. The number of hydrogen-bond donors (Lipinski definition) is 3. The van der Waals surface area contributed by atoms with Crippen LogP contribution < -0.4 is 20.5 Å². The number of carboxylic acid groups (broad SMARTS) is 1. The SMILES string of the molecule is COc1ccc(OC)c(C(=O)NCc2ccc(CC(N)C(=O)O)cc2)c1. The Morgan fingerprint density at radius 3 is 2.31 bits per heavy atom. The van der Waals surface area contributed by atoms with E-state index in [-0.39, 0.29) is 12.3 Å². The average molecular weight is 358 g/mol. The first-order valence-electron chi connectivity index (χ1n) is 8.01. The van der Waals surface area contributed by atoms with Crippen molar-refractivity contribution in [1.82, 2.24) is 5.32 Å². The van der Waals surface area contributed by atoms with Crippen molar-refractivity contribution in [2.45, 2.75) is 19.0 Å². The molecule has 2 rings (SSSR count). The predicted octanol–water partition coefficient (Wildman–Crippen LogP) is 1.59. The quantitative estimate of drug-likeness (QED) is 0.661. The first-order chi connectivity index (χ1) is 12.4. The fourth-order valence-electron chi connectivity index (χ4n) is 2.40. The third-order valence-electron chi connectivity index (χ3n) is 3.90. The number of ether oxygens (including phenoxy) is 2. The number of carbonyl (C=O) groups is 2. The Morgan fingerprint density at radius 1 is 1.08 bits per heavy atom. The third-order valence-corrected chi connectivity index (χ3v) is 3.90. The molecule has 2 aromatic rings. The van der Waals surface area contributed by atoms with Gasteiger partial charge in [-0.1, -0.05) is 24.3 Å². The molecule has 0 aliphatic heterocycles. The molecule has 1 unspecified atom stereocenters. The largest absolute Gasteiger partial charge is 0.497 e. The molecule has 138 valence electrons. The maximum absolute atomic E-state index is 12.4. The Bertz CT molecular complexity index is 774. The van der Waals surface area contributed by atoms with Gasteiger partial charge in [0.1, 0.15) is 17.5 Å². The summed E-state index contributed by atoms with van der Waals surface area (Å²) in [5.74, 6) is -0.289. The van der Waals surface area contributed by atoms with Gasteiger partial charge in [0.25, 0.3) is 5.91 Å². The van der Waals surface area contributed by atoms with Crippen LogP contribution in [0.1, 0.15) is 21.5 Å². The summed E-state index contributed by atoms with van der Waals surface area (Å²) in [5, 5.41) is 11.7. The topological polar surface area (TPSA) is 111 Å². The van der Waals surface area contributed by atoms with E-state index in [0.717, 1.165) is 11.1 Å². The highest BCUT2D eigenvalue weighted by molar-refractivity contribution is 5.97. The van der Waals surface area contributed by atoms with E-state index >= 15 is 0 Å². The van der Waals surface area contributed by atoms with E-state index in [0.29, 0.717) is 23.6 Å². The number of carbonyl (C=O) groups excluding carboxylic acids is 1. The zero-order chi connectivity index (χ0) is 19.1. The lowest BCUT2D eigenvalue weighted by Crippen LogP contribution is -2.32. The molecule has 0 heterocycles. The Kier molecular flexibility index (Phi) is 6.57. The van der Waals surface area contributed by atoms with Gasteiger partial charge in [-0.3, -0.25) is 9.59 Å². The molecule has 0 fully saturated rings. The number of aliphatic carboxylic acids is 1. The molecule has 26 heavy (non-hydrogen) atoms. The summed E-state index contributed by atoms with van der Waals surface area (Å²) in [6, 6.07) is 11.3. The van der Waals surface area contributed by atoms with Crippen molar-refractivity contribution < 1.29 is 24.2 Å². The molecule has 0 radical (unpaired) electrons. The molecule has 2 aromatic carbocycles. The number of carboxylic acids is 1. The van der Waals surface area contributed by atoms with Gasteiger partial charge < -0.3 is 25.6 Å². The van der Waals surface area contributed by atoms with Gasteiger partial charge in [-0.25, -0.2) is 0 Å². The summed E-state index contributed by atoms with van der Waals surface area (Å²) < 4.78 is 10.4. The minimum absolute atomic E-state index is 0.253. The molecule has 7 nitrogen and oxygen atoms in total. The second kappa shape index (κ2) is 8.87. The summed E-state index contributed by atoms with van der Waals surface area (Å²) in [4.78, 5) is 23.2. The van der Waals surface area contributed by atoms with E-state index in [1.165, 1.54) is 14.2 Å². The van der Waals surface area contributed by atoms with Gasteiger partial charge in [0.05, 0.1) is 19.8 Å². The van der Waals surface area contributed by atoms with Crippen LogP contribution >= 0.6 is 0 Å². The molecule has 4 N–H and O–H groups in total. The molecule has 0 aromatic heterocycles. The van der Waals surface area contributed by atoms with Crippen molar-refractivity contribution >= 4 is 11.9 Å². The number of methoxy groups -OCH3 is 2.